The molecule has 0 bridgehead atoms. The van der Waals surface area contributed by atoms with Crippen molar-refractivity contribution in [1.82, 2.24) is 5.32 Å². The molecule has 0 saturated carbocycles. The third-order valence-corrected chi connectivity index (χ3v) is 2.45. The number of carbonyl (C=O) groups is 1. The van der Waals surface area contributed by atoms with Crippen molar-refractivity contribution in [1.29, 1.82) is 0 Å². The van der Waals surface area contributed by atoms with E-state index in [9.17, 15) is 13.6 Å². The van der Waals surface area contributed by atoms with E-state index in [1.54, 1.807) is 19.1 Å². The molecule has 1 amide bonds. The van der Waals surface area contributed by atoms with E-state index in [4.69, 9.17) is 0 Å². The van der Waals surface area contributed by atoms with E-state index >= 15 is 0 Å². The smallest absolute Gasteiger partial charge is 0.387 e. The zero-order valence-electron chi connectivity index (χ0n) is 9.62. The summed E-state index contributed by atoms with van der Waals surface area (Å²) in [5, 5.41) is 2.56. The lowest BCUT2D eigenvalue weighted by molar-refractivity contribution is -0.116. The van der Waals surface area contributed by atoms with E-state index in [1.165, 1.54) is 18.2 Å². The minimum atomic E-state index is -2.90. The monoisotopic (exact) mass is 319 g/mol. The van der Waals surface area contributed by atoms with E-state index < -0.39 is 6.61 Å². The Bertz CT molecular complexity index is 450. The van der Waals surface area contributed by atoms with Gasteiger partial charge in [0, 0.05) is 22.7 Å². The van der Waals surface area contributed by atoms with Crippen LogP contribution >= 0.6 is 15.9 Å². The quantitative estimate of drug-likeness (QED) is 0.846. The summed E-state index contributed by atoms with van der Waals surface area (Å²) in [7, 11) is 0. The zero-order valence-corrected chi connectivity index (χ0v) is 11.2. The van der Waals surface area contributed by atoms with Crippen molar-refractivity contribution in [2.75, 3.05) is 6.54 Å². The van der Waals surface area contributed by atoms with Gasteiger partial charge in [0.15, 0.2) is 0 Å². The average molecular weight is 320 g/mol. The molecule has 3 nitrogen and oxygen atoms in total. The molecule has 0 aromatic heterocycles. The number of halogens is 3. The number of rotatable bonds is 5. The zero-order chi connectivity index (χ0) is 13.5. The fourth-order valence-electron chi connectivity index (χ4n) is 1.25. The summed E-state index contributed by atoms with van der Waals surface area (Å²) < 4.78 is 29.4. The molecule has 98 valence electrons. The Labute approximate surface area is 112 Å². The van der Waals surface area contributed by atoms with Crippen molar-refractivity contribution in [3.63, 3.8) is 0 Å². The van der Waals surface area contributed by atoms with Gasteiger partial charge < -0.3 is 10.1 Å². The average Bonchev–Trinajstić information content (AvgIpc) is 2.29. The first kappa shape index (κ1) is 14.6. The van der Waals surface area contributed by atoms with Crippen LogP contribution in [0.3, 0.4) is 0 Å². The molecule has 0 aliphatic heterocycles. The molecule has 6 heteroatoms. The summed E-state index contributed by atoms with van der Waals surface area (Å²) in [6.45, 7) is -0.610. The van der Waals surface area contributed by atoms with Crippen LogP contribution < -0.4 is 10.1 Å². The second-order valence-corrected chi connectivity index (χ2v) is 4.20. The number of carbonyl (C=O) groups excluding carboxylic acids is 1. The number of amides is 1. The molecule has 0 unspecified atom stereocenters. The normalized spacial score (nSPS) is 10.9. The van der Waals surface area contributed by atoms with Gasteiger partial charge >= 0.3 is 6.61 Å². The first-order valence-electron chi connectivity index (χ1n) is 5.23. The van der Waals surface area contributed by atoms with Crippen molar-refractivity contribution >= 4 is 27.9 Å². The van der Waals surface area contributed by atoms with E-state index in [0.717, 1.165) is 0 Å². The predicted octanol–water partition coefficient (Wildman–Crippen LogP) is 3.20. The lowest BCUT2D eigenvalue weighted by Gasteiger charge is -2.08. The Hall–Kier alpha value is -1.43. The van der Waals surface area contributed by atoms with E-state index in [0.29, 0.717) is 16.6 Å². The third kappa shape index (κ3) is 4.83. The molecule has 0 spiro atoms. The van der Waals surface area contributed by atoms with Crippen LogP contribution in [0, 0.1) is 0 Å². The van der Waals surface area contributed by atoms with E-state index in [-0.39, 0.29) is 11.7 Å². The lowest BCUT2D eigenvalue weighted by Crippen LogP contribution is -2.19. The van der Waals surface area contributed by atoms with Gasteiger partial charge in [-0.25, -0.2) is 0 Å². The fourth-order valence-corrected chi connectivity index (χ4v) is 1.63. The van der Waals surface area contributed by atoms with E-state index in [2.05, 4.69) is 26.0 Å². The fraction of sp³-hybridized carbons (Fsp3) is 0.250. The summed E-state index contributed by atoms with van der Waals surface area (Å²) >= 11 is 3.22. The minimum Gasteiger partial charge on any atom is -0.434 e. The van der Waals surface area contributed by atoms with Crippen LogP contribution in [0.1, 0.15) is 12.5 Å². The molecule has 0 aliphatic rings. The maximum Gasteiger partial charge on any atom is 0.387 e. The standard InChI is InChI=1S/C12H12BrF2NO2/c1-2-16-11(17)6-3-8-7-9(13)4-5-10(8)18-12(14)15/h3-7,12H,2H2,1H3,(H,16,17)/b6-3+. The summed E-state index contributed by atoms with van der Waals surface area (Å²) in [6, 6.07) is 4.59. The summed E-state index contributed by atoms with van der Waals surface area (Å²) in [4.78, 5) is 11.2. The van der Waals surface area contributed by atoms with Crippen molar-refractivity contribution in [2.24, 2.45) is 0 Å². The number of nitrogens with one attached hydrogen (secondary N) is 1. The Kier molecular flexibility index (Phi) is 5.77. The Morgan fingerprint density at radius 1 is 1.56 bits per heavy atom. The predicted molar refractivity (Wildman–Crippen MR) is 68.5 cm³/mol. The number of ether oxygens (including phenoxy) is 1. The van der Waals surface area contributed by atoms with Crippen molar-refractivity contribution in [3.05, 3.63) is 34.3 Å². The maximum atomic E-state index is 12.2. The van der Waals surface area contributed by atoms with Gasteiger partial charge in [0.25, 0.3) is 0 Å². The molecule has 18 heavy (non-hydrogen) atoms. The topological polar surface area (TPSA) is 38.3 Å². The molecule has 1 aromatic carbocycles. The SMILES string of the molecule is CCNC(=O)/C=C/c1cc(Br)ccc1OC(F)F. The highest BCUT2D eigenvalue weighted by molar-refractivity contribution is 9.10. The largest absolute Gasteiger partial charge is 0.434 e. The highest BCUT2D eigenvalue weighted by atomic mass is 79.9. The van der Waals surface area contributed by atoms with Gasteiger partial charge in [0.05, 0.1) is 0 Å². The Morgan fingerprint density at radius 3 is 2.89 bits per heavy atom. The van der Waals surface area contributed by atoms with Crippen LogP contribution in [0.5, 0.6) is 5.75 Å². The van der Waals surface area contributed by atoms with Crippen molar-refractivity contribution < 1.29 is 18.3 Å². The Morgan fingerprint density at radius 2 is 2.28 bits per heavy atom. The maximum absolute atomic E-state index is 12.2. The Balaban J connectivity index is 2.91. The van der Waals surface area contributed by atoms with Gasteiger partial charge in [0.2, 0.25) is 5.91 Å². The first-order chi connectivity index (χ1) is 8.52. The van der Waals surface area contributed by atoms with Crippen molar-refractivity contribution in [3.8, 4) is 5.75 Å². The van der Waals surface area contributed by atoms with Crippen LogP contribution in [0.2, 0.25) is 0 Å². The summed E-state index contributed by atoms with van der Waals surface area (Å²) in [5.74, 6) is -0.269. The molecule has 0 atom stereocenters. The molecule has 0 aliphatic carbocycles. The number of alkyl halides is 2. The van der Waals surface area contributed by atoms with Gasteiger partial charge in [-0.3, -0.25) is 4.79 Å². The molecule has 0 heterocycles. The molecule has 1 aromatic rings. The number of hydrogen-bond acceptors (Lipinski definition) is 2. The van der Waals surface area contributed by atoms with Crippen LogP contribution in [-0.2, 0) is 4.79 Å². The molecule has 1 N–H and O–H groups in total. The van der Waals surface area contributed by atoms with E-state index in [1.807, 2.05) is 0 Å². The summed E-state index contributed by atoms with van der Waals surface area (Å²) in [6.07, 6.45) is 2.69. The molecular weight excluding hydrogens is 308 g/mol. The van der Waals surface area contributed by atoms with Crippen LogP contribution in [0.25, 0.3) is 6.08 Å². The molecular formula is C12H12BrF2NO2. The van der Waals surface area contributed by atoms with Crippen LogP contribution in [0.4, 0.5) is 8.78 Å². The lowest BCUT2D eigenvalue weighted by atomic mass is 10.2. The van der Waals surface area contributed by atoms with Gasteiger partial charge in [-0.05, 0) is 31.2 Å². The molecule has 0 fully saturated rings. The second kappa shape index (κ2) is 7.10. The highest BCUT2D eigenvalue weighted by Gasteiger charge is 2.08. The van der Waals surface area contributed by atoms with Crippen LogP contribution in [-0.4, -0.2) is 19.1 Å². The van der Waals surface area contributed by atoms with Crippen molar-refractivity contribution in [2.45, 2.75) is 13.5 Å². The second-order valence-electron chi connectivity index (χ2n) is 3.29. The molecule has 0 radical (unpaired) electrons. The first-order valence-corrected chi connectivity index (χ1v) is 6.02. The number of likely N-dealkylation sites (N-methyl/N-ethyl adjacent to an activating group) is 1. The van der Waals surface area contributed by atoms with Gasteiger partial charge in [-0.1, -0.05) is 15.9 Å². The number of hydrogen-bond donors (Lipinski definition) is 1. The van der Waals surface area contributed by atoms with Gasteiger partial charge in [-0.2, -0.15) is 8.78 Å². The molecule has 1 rings (SSSR count). The summed E-state index contributed by atoms with van der Waals surface area (Å²) in [5.41, 5.74) is 0.399. The third-order valence-electron chi connectivity index (χ3n) is 1.95. The molecule has 0 saturated heterocycles. The van der Waals surface area contributed by atoms with Gasteiger partial charge in [0.1, 0.15) is 5.75 Å². The van der Waals surface area contributed by atoms with Gasteiger partial charge in [-0.15, -0.1) is 0 Å². The number of benzene rings is 1. The highest BCUT2D eigenvalue weighted by Crippen LogP contribution is 2.25. The van der Waals surface area contributed by atoms with Crippen LogP contribution in [0.15, 0.2) is 28.7 Å². The minimum absolute atomic E-state index is 0.0220.